The van der Waals surface area contributed by atoms with E-state index in [2.05, 4.69) is 32.4 Å². The van der Waals surface area contributed by atoms with Gasteiger partial charge >= 0.3 is 0 Å². The maximum atomic E-state index is 12.2. The third-order valence-electron chi connectivity index (χ3n) is 3.68. The molecule has 0 amide bonds. The summed E-state index contributed by atoms with van der Waals surface area (Å²) in [7, 11) is 0. The third kappa shape index (κ3) is 2.92. The van der Waals surface area contributed by atoms with Gasteiger partial charge in [-0.2, -0.15) is 5.10 Å². The van der Waals surface area contributed by atoms with E-state index >= 15 is 0 Å². The summed E-state index contributed by atoms with van der Waals surface area (Å²) in [6, 6.07) is 2.35. The maximum absolute atomic E-state index is 12.2. The molecule has 0 radical (unpaired) electrons. The molecule has 0 aromatic carbocycles. The lowest BCUT2D eigenvalue weighted by Crippen LogP contribution is -2.25. The number of anilines is 1. The van der Waals surface area contributed by atoms with Crippen LogP contribution in [0.4, 0.5) is 5.69 Å². The van der Waals surface area contributed by atoms with Gasteiger partial charge in [0.05, 0.1) is 17.9 Å². The molecule has 0 saturated heterocycles. The highest BCUT2D eigenvalue weighted by Gasteiger charge is 2.15. The van der Waals surface area contributed by atoms with Crippen LogP contribution in [-0.2, 0) is 19.4 Å². The highest BCUT2D eigenvalue weighted by atomic mass is 79.9. The van der Waals surface area contributed by atoms with E-state index in [1.165, 1.54) is 39.3 Å². The standard InChI is InChI=1S/C15H18BrN3OS/c1-9(2)19-15(20)14(16)12(8-18-19)17-7-11-6-10-4-3-5-13(10)21-11/h6,8-9,17H,3-5,7H2,1-2H3. The molecule has 0 saturated carbocycles. The Hall–Kier alpha value is -1.14. The smallest absolute Gasteiger partial charge is 0.283 e. The van der Waals surface area contributed by atoms with Crippen molar-refractivity contribution in [3.63, 3.8) is 0 Å². The van der Waals surface area contributed by atoms with E-state index < -0.39 is 0 Å². The first-order chi connectivity index (χ1) is 10.1. The Kier molecular flexibility index (Phi) is 4.17. The van der Waals surface area contributed by atoms with Crippen LogP contribution < -0.4 is 10.9 Å². The Labute approximate surface area is 136 Å². The molecule has 2 aromatic rings. The van der Waals surface area contributed by atoms with Crippen molar-refractivity contribution in [3.8, 4) is 0 Å². The van der Waals surface area contributed by atoms with Crippen molar-refractivity contribution in [2.24, 2.45) is 0 Å². The van der Waals surface area contributed by atoms with E-state index in [1.54, 1.807) is 6.20 Å². The van der Waals surface area contributed by atoms with Gasteiger partial charge in [-0.1, -0.05) is 0 Å². The maximum Gasteiger partial charge on any atom is 0.283 e. The molecule has 2 aromatic heterocycles. The summed E-state index contributed by atoms with van der Waals surface area (Å²) in [6.45, 7) is 4.63. The number of fused-ring (bicyclic) bond motifs is 1. The molecule has 21 heavy (non-hydrogen) atoms. The molecule has 0 spiro atoms. The zero-order chi connectivity index (χ0) is 15.0. The van der Waals surface area contributed by atoms with Gasteiger partial charge in [0.2, 0.25) is 0 Å². The van der Waals surface area contributed by atoms with Crippen LogP contribution in [0.25, 0.3) is 0 Å². The molecule has 0 unspecified atom stereocenters. The molecule has 4 nitrogen and oxygen atoms in total. The highest BCUT2D eigenvalue weighted by molar-refractivity contribution is 9.10. The Morgan fingerprint density at radius 1 is 1.48 bits per heavy atom. The summed E-state index contributed by atoms with van der Waals surface area (Å²) in [5.41, 5.74) is 2.17. The Balaban J connectivity index is 1.76. The first-order valence-electron chi connectivity index (χ1n) is 7.18. The minimum Gasteiger partial charge on any atom is -0.378 e. The second-order valence-electron chi connectivity index (χ2n) is 5.58. The van der Waals surface area contributed by atoms with Gasteiger partial charge in [0.15, 0.2) is 0 Å². The topological polar surface area (TPSA) is 46.9 Å². The van der Waals surface area contributed by atoms with Gasteiger partial charge < -0.3 is 5.32 Å². The number of hydrogen-bond acceptors (Lipinski definition) is 4. The molecule has 3 rings (SSSR count). The van der Waals surface area contributed by atoms with E-state index in [-0.39, 0.29) is 11.6 Å². The van der Waals surface area contributed by atoms with Crippen LogP contribution in [0.5, 0.6) is 0 Å². The summed E-state index contributed by atoms with van der Waals surface area (Å²) in [4.78, 5) is 15.0. The van der Waals surface area contributed by atoms with Crippen molar-refractivity contribution in [1.29, 1.82) is 0 Å². The molecular weight excluding hydrogens is 350 g/mol. The lowest BCUT2D eigenvalue weighted by atomic mass is 10.2. The largest absolute Gasteiger partial charge is 0.378 e. The highest BCUT2D eigenvalue weighted by Crippen LogP contribution is 2.31. The van der Waals surface area contributed by atoms with Crippen LogP contribution >= 0.6 is 27.3 Å². The van der Waals surface area contributed by atoms with Crippen LogP contribution in [0.2, 0.25) is 0 Å². The summed E-state index contributed by atoms with van der Waals surface area (Å²) in [5, 5.41) is 7.53. The fourth-order valence-corrected chi connectivity index (χ4v) is 4.22. The molecule has 112 valence electrons. The zero-order valence-electron chi connectivity index (χ0n) is 12.1. The molecule has 1 aliphatic rings. The second kappa shape index (κ2) is 5.93. The first kappa shape index (κ1) is 14.8. The number of halogens is 1. The minimum absolute atomic E-state index is 0.0584. The van der Waals surface area contributed by atoms with Gasteiger partial charge in [0, 0.05) is 16.3 Å². The van der Waals surface area contributed by atoms with Crippen LogP contribution in [0, 0.1) is 0 Å². The monoisotopic (exact) mass is 367 g/mol. The number of hydrogen-bond donors (Lipinski definition) is 1. The minimum atomic E-state index is -0.0938. The summed E-state index contributed by atoms with van der Waals surface area (Å²) < 4.78 is 2.03. The van der Waals surface area contributed by atoms with Gasteiger partial charge in [-0.15, -0.1) is 11.3 Å². The molecule has 1 aliphatic carbocycles. The molecule has 1 N–H and O–H groups in total. The van der Waals surface area contributed by atoms with Gasteiger partial charge in [-0.25, -0.2) is 4.68 Å². The predicted octanol–water partition coefficient (Wildman–Crippen LogP) is 3.75. The van der Waals surface area contributed by atoms with E-state index in [0.717, 1.165) is 12.2 Å². The number of nitrogens with one attached hydrogen (secondary N) is 1. The summed E-state index contributed by atoms with van der Waals surface area (Å²) in [5.74, 6) is 0. The van der Waals surface area contributed by atoms with E-state index in [1.807, 2.05) is 25.2 Å². The van der Waals surface area contributed by atoms with Crippen LogP contribution in [0.3, 0.4) is 0 Å². The zero-order valence-corrected chi connectivity index (χ0v) is 14.6. The molecule has 2 heterocycles. The molecule has 0 fully saturated rings. The van der Waals surface area contributed by atoms with Crippen molar-refractivity contribution < 1.29 is 0 Å². The van der Waals surface area contributed by atoms with Gasteiger partial charge in [-0.3, -0.25) is 4.79 Å². The second-order valence-corrected chi connectivity index (χ2v) is 7.60. The van der Waals surface area contributed by atoms with Crippen molar-refractivity contribution in [2.75, 3.05) is 5.32 Å². The van der Waals surface area contributed by atoms with Crippen LogP contribution in [0.1, 0.15) is 41.6 Å². The number of thiophene rings is 1. The lowest BCUT2D eigenvalue weighted by Gasteiger charge is -2.12. The lowest BCUT2D eigenvalue weighted by molar-refractivity contribution is 0.501. The average molecular weight is 368 g/mol. The average Bonchev–Trinajstić information content (AvgIpc) is 3.01. The molecular formula is C15H18BrN3OS. The fraction of sp³-hybridized carbons (Fsp3) is 0.467. The summed E-state index contributed by atoms with van der Waals surface area (Å²) >= 11 is 5.26. The number of aryl methyl sites for hydroxylation is 2. The van der Waals surface area contributed by atoms with E-state index in [9.17, 15) is 4.79 Å². The van der Waals surface area contributed by atoms with Crippen molar-refractivity contribution >= 4 is 33.0 Å². The van der Waals surface area contributed by atoms with Crippen LogP contribution in [0.15, 0.2) is 21.5 Å². The number of rotatable bonds is 4. The quantitative estimate of drug-likeness (QED) is 0.894. The normalized spacial score (nSPS) is 13.7. The van der Waals surface area contributed by atoms with E-state index in [0.29, 0.717) is 4.47 Å². The van der Waals surface area contributed by atoms with Crippen LogP contribution in [-0.4, -0.2) is 9.78 Å². The Bertz CT molecular complexity index is 699. The Morgan fingerprint density at radius 3 is 3.00 bits per heavy atom. The van der Waals surface area contributed by atoms with Crippen molar-refractivity contribution in [2.45, 2.75) is 45.7 Å². The molecule has 6 heteroatoms. The number of aromatic nitrogens is 2. The first-order valence-corrected chi connectivity index (χ1v) is 8.79. The third-order valence-corrected chi connectivity index (χ3v) is 5.69. The van der Waals surface area contributed by atoms with Gasteiger partial charge in [0.25, 0.3) is 5.56 Å². The van der Waals surface area contributed by atoms with Gasteiger partial charge in [0.1, 0.15) is 4.47 Å². The summed E-state index contributed by atoms with van der Waals surface area (Å²) in [6.07, 6.45) is 5.43. The fourth-order valence-electron chi connectivity index (χ4n) is 2.60. The molecule has 0 atom stereocenters. The van der Waals surface area contributed by atoms with Crippen molar-refractivity contribution in [1.82, 2.24) is 9.78 Å². The SMILES string of the molecule is CC(C)n1ncc(NCc2cc3c(s2)CCC3)c(Br)c1=O. The van der Waals surface area contributed by atoms with E-state index in [4.69, 9.17) is 0 Å². The Morgan fingerprint density at radius 2 is 2.29 bits per heavy atom. The number of nitrogens with zero attached hydrogens (tertiary/aromatic N) is 2. The van der Waals surface area contributed by atoms with Crippen molar-refractivity contribution in [3.05, 3.63) is 42.4 Å². The molecule has 0 aliphatic heterocycles. The van der Waals surface area contributed by atoms with Gasteiger partial charge in [-0.05, 0) is 60.7 Å². The predicted molar refractivity (Wildman–Crippen MR) is 90.3 cm³/mol. The molecule has 0 bridgehead atoms.